The Labute approximate surface area is 67.0 Å². The quantitative estimate of drug-likeness (QED) is 0.555. The van der Waals surface area contributed by atoms with Crippen molar-refractivity contribution in [3.8, 4) is 0 Å². The van der Waals surface area contributed by atoms with Gasteiger partial charge in [-0.25, -0.2) is 8.78 Å². The van der Waals surface area contributed by atoms with Gasteiger partial charge in [-0.15, -0.1) is 0 Å². The second kappa shape index (κ2) is 3.51. The van der Waals surface area contributed by atoms with Crippen LogP contribution in [0.25, 0.3) is 0 Å². The molecule has 0 saturated heterocycles. The summed E-state index contributed by atoms with van der Waals surface area (Å²) in [6.07, 6.45) is 0.219. The molecule has 2 atom stereocenters. The van der Waals surface area contributed by atoms with Crippen molar-refractivity contribution < 1.29 is 8.78 Å². The Morgan fingerprint density at radius 1 is 1.18 bits per heavy atom. The van der Waals surface area contributed by atoms with Gasteiger partial charge >= 0.3 is 0 Å². The van der Waals surface area contributed by atoms with E-state index in [9.17, 15) is 8.78 Å². The van der Waals surface area contributed by atoms with Crippen molar-refractivity contribution in [3.63, 3.8) is 0 Å². The molecule has 0 spiro atoms. The highest BCUT2D eigenvalue weighted by atomic mass is 19.1. The Morgan fingerprint density at radius 3 is 2.00 bits per heavy atom. The van der Waals surface area contributed by atoms with Gasteiger partial charge in [-0.1, -0.05) is 20.3 Å². The van der Waals surface area contributed by atoms with Crippen molar-refractivity contribution in [1.82, 2.24) is 0 Å². The highest BCUT2D eigenvalue weighted by Gasteiger charge is 2.34. The summed E-state index contributed by atoms with van der Waals surface area (Å²) in [7, 11) is 0. The zero-order valence-corrected chi connectivity index (χ0v) is 7.19. The molecular formula is C9H16F2. The Morgan fingerprint density at radius 2 is 1.64 bits per heavy atom. The van der Waals surface area contributed by atoms with Crippen LogP contribution in [0.15, 0.2) is 0 Å². The first-order chi connectivity index (χ1) is 5.15. The molecule has 66 valence electrons. The average Bonchev–Trinajstić information content (AvgIpc) is 1.99. The van der Waals surface area contributed by atoms with E-state index in [2.05, 4.69) is 0 Å². The molecule has 0 aromatic carbocycles. The average molecular weight is 162 g/mol. The molecule has 0 bridgehead atoms. The van der Waals surface area contributed by atoms with Crippen molar-refractivity contribution in [3.05, 3.63) is 0 Å². The molecular weight excluding hydrogens is 146 g/mol. The van der Waals surface area contributed by atoms with Crippen LogP contribution >= 0.6 is 0 Å². The molecule has 1 fully saturated rings. The van der Waals surface area contributed by atoms with Gasteiger partial charge in [0, 0.05) is 5.92 Å². The van der Waals surface area contributed by atoms with Crippen LogP contribution < -0.4 is 0 Å². The maximum Gasteiger partial charge on any atom is 0.106 e. The summed E-state index contributed by atoms with van der Waals surface area (Å²) < 4.78 is 26.0. The summed E-state index contributed by atoms with van der Waals surface area (Å²) in [5, 5.41) is 0. The third-order valence-corrected chi connectivity index (χ3v) is 2.84. The Kier molecular flexibility index (Phi) is 2.85. The molecule has 2 heteroatoms. The van der Waals surface area contributed by atoms with Gasteiger partial charge < -0.3 is 0 Å². The molecule has 1 aliphatic rings. The number of halogens is 2. The predicted octanol–water partition coefficient (Wildman–Crippen LogP) is 3.12. The van der Waals surface area contributed by atoms with Crippen LogP contribution in [0.1, 0.15) is 33.1 Å². The Hall–Kier alpha value is -0.140. The van der Waals surface area contributed by atoms with Gasteiger partial charge in [-0.05, 0) is 18.8 Å². The lowest BCUT2D eigenvalue weighted by Crippen LogP contribution is -2.33. The van der Waals surface area contributed by atoms with Crippen LogP contribution in [-0.4, -0.2) is 12.3 Å². The van der Waals surface area contributed by atoms with Crippen molar-refractivity contribution in [2.45, 2.75) is 45.5 Å². The molecule has 0 nitrogen and oxygen atoms in total. The van der Waals surface area contributed by atoms with Gasteiger partial charge in [0.1, 0.15) is 12.3 Å². The van der Waals surface area contributed by atoms with Gasteiger partial charge in [0.25, 0.3) is 0 Å². The maximum atomic E-state index is 13.0. The number of hydrogen-bond acceptors (Lipinski definition) is 0. The predicted molar refractivity (Wildman–Crippen MR) is 42.0 cm³/mol. The van der Waals surface area contributed by atoms with E-state index >= 15 is 0 Å². The maximum absolute atomic E-state index is 13.0. The zero-order chi connectivity index (χ0) is 8.43. The third-order valence-electron chi connectivity index (χ3n) is 2.84. The molecule has 0 aromatic rings. The number of rotatable bonds is 1. The molecule has 0 N–H and O–H groups in total. The number of alkyl halides is 2. The molecule has 0 heterocycles. The number of hydrogen-bond donors (Lipinski definition) is 0. The van der Waals surface area contributed by atoms with Crippen LogP contribution in [0.2, 0.25) is 0 Å². The molecule has 0 aliphatic heterocycles. The first-order valence-corrected chi connectivity index (χ1v) is 4.43. The van der Waals surface area contributed by atoms with Crippen LogP contribution in [0.5, 0.6) is 0 Å². The van der Waals surface area contributed by atoms with Crippen molar-refractivity contribution in [1.29, 1.82) is 0 Å². The summed E-state index contributed by atoms with van der Waals surface area (Å²) in [6.45, 7) is 3.67. The van der Waals surface area contributed by atoms with E-state index in [4.69, 9.17) is 0 Å². The van der Waals surface area contributed by atoms with E-state index < -0.39 is 12.3 Å². The minimum absolute atomic E-state index is 0.274. The van der Waals surface area contributed by atoms with Gasteiger partial charge in [0.15, 0.2) is 0 Å². The lowest BCUT2D eigenvalue weighted by molar-refractivity contribution is 0.0537. The Bertz CT molecular complexity index is 113. The van der Waals surface area contributed by atoms with Gasteiger partial charge in [-0.3, -0.25) is 0 Å². The molecule has 0 radical (unpaired) electrons. The van der Waals surface area contributed by atoms with E-state index in [1.54, 1.807) is 6.92 Å². The third kappa shape index (κ3) is 1.91. The minimum Gasteiger partial charge on any atom is -0.247 e. The van der Waals surface area contributed by atoms with Crippen molar-refractivity contribution >= 4 is 0 Å². The summed E-state index contributed by atoms with van der Waals surface area (Å²) in [4.78, 5) is 0. The lowest BCUT2D eigenvalue weighted by atomic mass is 9.79. The van der Waals surface area contributed by atoms with E-state index in [0.717, 1.165) is 6.42 Å². The second-order valence-electron chi connectivity index (χ2n) is 3.64. The monoisotopic (exact) mass is 162 g/mol. The highest BCUT2D eigenvalue weighted by molar-refractivity contribution is 4.83. The molecule has 0 aromatic heterocycles. The van der Waals surface area contributed by atoms with E-state index in [1.165, 1.54) is 0 Å². The summed E-state index contributed by atoms with van der Waals surface area (Å²) in [5.41, 5.74) is 0. The fourth-order valence-electron chi connectivity index (χ4n) is 1.72. The van der Waals surface area contributed by atoms with Crippen molar-refractivity contribution in [2.75, 3.05) is 0 Å². The summed E-state index contributed by atoms with van der Waals surface area (Å²) in [5.74, 6) is -0.103. The van der Waals surface area contributed by atoms with Crippen LogP contribution in [0.3, 0.4) is 0 Å². The van der Waals surface area contributed by atoms with Crippen molar-refractivity contribution in [2.24, 2.45) is 11.8 Å². The molecule has 11 heavy (non-hydrogen) atoms. The van der Waals surface area contributed by atoms with Crippen LogP contribution in [0, 0.1) is 11.8 Å². The molecule has 1 aliphatic carbocycles. The molecule has 0 amide bonds. The van der Waals surface area contributed by atoms with Crippen LogP contribution in [-0.2, 0) is 0 Å². The lowest BCUT2D eigenvalue weighted by Gasteiger charge is -2.31. The zero-order valence-electron chi connectivity index (χ0n) is 7.19. The topological polar surface area (TPSA) is 0 Å². The van der Waals surface area contributed by atoms with E-state index in [1.807, 2.05) is 6.92 Å². The van der Waals surface area contributed by atoms with Gasteiger partial charge in [0.2, 0.25) is 0 Å². The van der Waals surface area contributed by atoms with Crippen LogP contribution in [0.4, 0.5) is 8.78 Å². The normalized spacial score (nSPS) is 45.8. The second-order valence-corrected chi connectivity index (χ2v) is 3.64. The summed E-state index contributed by atoms with van der Waals surface area (Å²) in [6, 6.07) is 0. The largest absolute Gasteiger partial charge is 0.247 e. The SMILES string of the molecule is CCC1CC(F)C(C)C(F)C1. The first-order valence-electron chi connectivity index (χ1n) is 4.43. The minimum atomic E-state index is -0.913. The van der Waals surface area contributed by atoms with Gasteiger partial charge in [0.05, 0.1) is 0 Å². The van der Waals surface area contributed by atoms with E-state index in [-0.39, 0.29) is 11.8 Å². The Balaban J connectivity index is 2.47. The first kappa shape index (κ1) is 8.95. The standard InChI is InChI=1S/C9H16F2/c1-3-7-4-8(10)6(2)9(11)5-7/h6-9H,3-5H2,1-2H3. The fourth-order valence-corrected chi connectivity index (χ4v) is 1.72. The molecule has 1 saturated carbocycles. The van der Waals surface area contributed by atoms with E-state index in [0.29, 0.717) is 12.8 Å². The fraction of sp³-hybridized carbons (Fsp3) is 1.00. The van der Waals surface area contributed by atoms with Gasteiger partial charge in [-0.2, -0.15) is 0 Å². The molecule has 2 unspecified atom stereocenters. The highest BCUT2D eigenvalue weighted by Crippen LogP contribution is 2.34. The smallest absolute Gasteiger partial charge is 0.106 e. The summed E-state index contributed by atoms with van der Waals surface area (Å²) >= 11 is 0. The molecule has 1 rings (SSSR count).